The number of anilines is 1. The predicted molar refractivity (Wildman–Crippen MR) is 86.8 cm³/mol. The zero-order chi connectivity index (χ0) is 15.3. The zero-order valence-electron chi connectivity index (χ0n) is 11.6. The fraction of sp³-hybridized carbons (Fsp3) is 0.200. The van der Waals surface area contributed by atoms with Crippen molar-refractivity contribution in [2.75, 3.05) is 11.0 Å². The van der Waals surface area contributed by atoms with E-state index < -0.39 is 10.0 Å². The van der Waals surface area contributed by atoms with Crippen molar-refractivity contribution < 1.29 is 13.5 Å². The SMILES string of the molecule is CSc1ccc(NS(=O)(=O)Cc2cccc(CO)c2)cc1. The van der Waals surface area contributed by atoms with Gasteiger partial charge < -0.3 is 5.11 Å². The highest BCUT2D eigenvalue weighted by molar-refractivity contribution is 7.98. The van der Waals surface area contributed by atoms with E-state index in [1.807, 2.05) is 18.4 Å². The monoisotopic (exact) mass is 323 g/mol. The molecule has 2 aromatic carbocycles. The molecule has 0 spiro atoms. The lowest BCUT2D eigenvalue weighted by Crippen LogP contribution is -2.15. The molecule has 0 aliphatic heterocycles. The summed E-state index contributed by atoms with van der Waals surface area (Å²) >= 11 is 1.60. The molecule has 2 N–H and O–H groups in total. The topological polar surface area (TPSA) is 66.4 Å². The second-order valence-corrected chi connectivity index (χ2v) is 7.17. The first-order valence-corrected chi connectivity index (χ1v) is 9.23. The van der Waals surface area contributed by atoms with Crippen LogP contribution in [0.2, 0.25) is 0 Å². The van der Waals surface area contributed by atoms with Gasteiger partial charge in [0.15, 0.2) is 0 Å². The average molecular weight is 323 g/mol. The van der Waals surface area contributed by atoms with Gasteiger partial charge in [0.1, 0.15) is 0 Å². The number of aliphatic hydroxyl groups is 1. The van der Waals surface area contributed by atoms with Gasteiger partial charge in [0, 0.05) is 10.6 Å². The van der Waals surface area contributed by atoms with Crippen LogP contribution >= 0.6 is 11.8 Å². The Balaban J connectivity index is 2.10. The highest BCUT2D eigenvalue weighted by Crippen LogP contribution is 2.19. The average Bonchev–Trinajstić information content (AvgIpc) is 2.47. The summed E-state index contributed by atoms with van der Waals surface area (Å²) in [6, 6.07) is 14.1. The molecule has 0 saturated heterocycles. The molecule has 21 heavy (non-hydrogen) atoms. The van der Waals surface area contributed by atoms with Gasteiger partial charge in [-0.05, 0) is 41.6 Å². The summed E-state index contributed by atoms with van der Waals surface area (Å²) < 4.78 is 26.8. The molecule has 4 nitrogen and oxygen atoms in total. The van der Waals surface area contributed by atoms with Crippen LogP contribution in [0, 0.1) is 0 Å². The number of sulfonamides is 1. The summed E-state index contributed by atoms with van der Waals surface area (Å²) in [6.07, 6.45) is 1.97. The maximum absolute atomic E-state index is 12.1. The molecule has 0 heterocycles. The second kappa shape index (κ2) is 6.98. The fourth-order valence-electron chi connectivity index (χ4n) is 1.91. The molecule has 0 amide bonds. The van der Waals surface area contributed by atoms with E-state index in [0.717, 1.165) is 4.90 Å². The van der Waals surface area contributed by atoms with Gasteiger partial charge in [-0.2, -0.15) is 0 Å². The first-order valence-electron chi connectivity index (χ1n) is 6.35. The highest BCUT2D eigenvalue weighted by atomic mass is 32.2. The van der Waals surface area contributed by atoms with Crippen molar-refractivity contribution in [2.24, 2.45) is 0 Å². The Hall–Kier alpha value is -1.50. The van der Waals surface area contributed by atoms with E-state index in [2.05, 4.69) is 4.72 Å². The smallest absolute Gasteiger partial charge is 0.236 e. The van der Waals surface area contributed by atoms with Crippen molar-refractivity contribution in [3.63, 3.8) is 0 Å². The number of hydrogen-bond acceptors (Lipinski definition) is 4. The maximum atomic E-state index is 12.1. The fourth-order valence-corrected chi connectivity index (χ4v) is 3.51. The molecule has 0 bridgehead atoms. The first-order chi connectivity index (χ1) is 10.0. The highest BCUT2D eigenvalue weighted by Gasteiger charge is 2.12. The van der Waals surface area contributed by atoms with Gasteiger partial charge in [-0.15, -0.1) is 11.8 Å². The number of nitrogens with one attached hydrogen (secondary N) is 1. The van der Waals surface area contributed by atoms with E-state index in [1.54, 1.807) is 48.2 Å². The van der Waals surface area contributed by atoms with Crippen LogP contribution in [-0.2, 0) is 22.4 Å². The van der Waals surface area contributed by atoms with Gasteiger partial charge in [0.25, 0.3) is 0 Å². The molecule has 0 unspecified atom stereocenters. The summed E-state index contributed by atoms with van der Waals surface area (Å²) in [4.78, 5) is 1.08. The molecule has 0 aromatic heterocycles. The summed E-state index contributed by atoms with van der Waals surface area (Å²) in [5, 5.41) is 9.08. The van der Waals surface area contributed by atoms with Crippen LogP contribution in [0.4, 0.5) is 5.69 Å². The molecule has 0 saturated carbocycles. The molecule has 6 heteroatoms. The van der Waals surface area contributed by atoms with E-state index in [0.29, 0.717) is 16.8 Å². The molecule has 2 aromatic rings. The number of aliphatic hydroxyl groups excluding tert-OH is 1. The van der Waals surface area contributed by atoms with Crippen LogP contribution in [-0.4, -0.2) is 19.8 Å². The normalized spacial score (nSPS) is 11.3. The molecule has 0 radical (unpaired) electrons. The third-order valence-corrected chi connectivity index (χ3v) is 4.90. The van der Waals surface area contributed by atoms with E-state index >= 15 is 0 Å². The second-order valence-electron chi connectivity index (χ2n) is 4.57. The number of hydrogen-bond donors (Lipinski definition) is 2. The van der Waals surface area contributed by atoms with Gasteiger partial charge in [-0.3, -0.25) is 4.72 Å². The van der Waals surface area contributed by atoms with Gasteiger partial charge in [0.05, 0.1) is 12.4 Å². The Kier molecular flexibility index (Phi) is 5.27. The quantitative estimate of drug-likeness (QED) is 0.802. The van der Waals surface area contributed by atoms with Gasteiger partial charge in [-0.1, -0.05) is 24.3 Å². The molecule has 0 aliphatic carbocycles. The number of benzene rings is 2. The first kappa shape index (κ1) is 15.9. The molecule has 2 rings (SSSR count). The summed E-state index contributed by atoms with van der Waals surface area (Å²) in [7, 11) is -3.47. The van der Waals surface area contributed by atoms with Crippen LogP contribution in [0.3, 0.4) is 0 Å². The lowest BCUT2D eigenvalue weighted by Gasteiger charge is -2.09. The zero-order valence-corrected chi connectivity index (χ0v) is 13.2. The minimum Gasteiger partial charge on any atom is -0.392 e. The number of thioether (sulfide) groups is 1. The largest absolute Gasteiger partial charge is 0.392 e. The van der Waals surface area contributed by atoms with Crippen molar-refractivity contribution in [1.82, 2.24) is 0 Å². The van der Waals surface area contributed by atoms with E-state index in [9.17, 15) is 8.42 Å². The molecule has 112 valence electrons. The van der Waals surface area contributed by atoms with Crippen LogP contribution in [0.1, 0.15) is 11.1 Å². The molecule has 0 aliphatic rings. The van der Waals surface area contributed by atoms with Crippen LogP contribution in [0.25, 0.3) is 0 Å². The molecular formula is C15H17NO3S2. The Morgan fingerprint density at radius 1 is 1.10 bits per heavy atom. The van der Waals surface area contributed by atoms with Gasteiger partial charge in [-0.25, -0.2) is 8.42 Å². The van der Waals surface area contributed by atoms with Gasteiger partial charge >= 0.3 is 0 Å². The predicted octanol–water partition coefficient (Wildman–Crippen LogP) is 2.84. The van der Waals surface area contributed by atoms with E-state index in [-0.39, 0.29) is 12.4 Å². The lowest BCUT2D eigenvalue weighted by atomic mass is 10.1. The standard InChI is InChI=1S/C15H17NO3S2/c1-20-15-7-5-14(6-8-15)16-21(18,19)11-13-4-2-3-12(9-13)10-17/h2-9,16-17H,10-11H2,1H3. The van der Waals surface area contributed by atoms with Crippen molar-refractivity contribution in [3.05, 3.63) is 59.7 Å². The Labute approximate surface area is 129 Å². The van der Waals surface area contributed by atoms with E-state index in [1.165, 1.54) is 0 Å². The minimum atomic E-state index is -3.47. The minimum absolute atomic E-state index is 0.0997. The van der Waals surface area contributed by atoms with Crippen molar-refractivity contribution >= 4 is 27.5 Å². The molecule has 0 fully saturated rings. The maximum Gasteiger partial charge on any atom is 0.236 e. The summed E-state index contributed by atoms with van der Waals surface area (Å²) in [6.45, 7) is -0.0997. The van der Waals surface area contributed by atoms with Crippen molar-refractivity contribution in [1.29, 1.82) is 0 Å². The van der Waals surface area contributed by atoms with Crippen LogP contribution in [0.15, 0.2) is 53.4 Å². The molecular weight excluding hydrogens is 306 g/mol. The van der Waals surface area contributed by atoms with Crippen molar-refractivity contribution in [2.45, 2.75) is 17.3 Å². The Bertz CT molecular complexity index is 697. The van der Waals surface area contributed by atoms with Crippen LogP contribution in [0.5, 0.6) is 0 Å². The summed E-state index contributed by atoms with van der Waals surface area (Å²) in [5.41, 5.74) is 1.90. The van der Waals surface area contributed by atoms with Gasteiger partial charge in [0.2, 0.25) is 10.0 Å². The lowest BCUT2D eigenvalue weighted by molar-refractivity contribution is 0.282. The van der Waals surface area contributed by atoms with Crippen LogP contribution < -0.4 is 4.72 Å². The number of rotatable bonds is 6. The third-order valence-electron chi connectivity index (χ3n) is 2.89. The molecule has 0 atom stereocenters. The Morgan fingerprint density at radius 2 is 1.76 bits per heavy atom. The van der Waals surface area contributed by atoms with Crippen molar-refractivity contribution in [3.8, 4) is 0 Å². The Morgan fingerprint density at radius 3 is 2.38 bits per heavy atom. The third kappa shape index (κ3) is 4.77. The van der Waals surface area contributed by atoms with E-state index in [4.69, 9.17) is 5.11 Å². The summed E-state index contributed by atoms with van der Waals surface area (Å²) in [5.74, 6) is -0.120.